The molecule has 9 heteroatoms. The van der Waals surface area contributed by atoms with Crippen molar-refractivity contribution in [3.8, 4) is 5.75 Å². The molecule has 1 aliphatic rings. The summed E-state index contributed by atoms with van der Waals surface area (Å²) in [6.07, 6.45) is 3.26. The van der Waals surface area contributed by atoms with Gasteiger partial charge in [-0.05, 0) is 43.2 Å². The Labute approximate surface area is 200 Å². The zero-order valence-corrected chi connectivity index (χ0v) is 20.7. The van der Waals surface area contributed by atoms with Gasteiger partial charge >= 0.3 is 5.97 Å². The van der Waals surface area contributed by atoms with Gasteiger partial charge in [0.1, 0.15) is 18.2 Å². The normalized spacial score (nSPS) is 19.4. The summed E-state index contributed by atoms with van der Waals surface area (Å²) >= 11 is 0. The van der Waals surface area contributed by atoms with Gasteiger partial charge in [-0.3, -0.25) is 0 Å². The summed E-state index contributed by atoms with van der Waals surface area (Å²) in [5, 5.41) is 8.88. The Morgan fingerprint density at radius 2 is 1.91 bits per heavy atom. The Morgan fingerprint density at radius 1 is 1.21 bits per heavy atom. The predicted octanol–water partition coefficient (Wildman–Crippen LogP) is 4.95. The van der Waals surface area contributed by atoms with Crippen LogP contribution in [-0.2, 0) is 26.0 Å². The number of anilines is 2. The zero-order chi connectivity index (χ0) is 24.9. The predicted molar refractivity (Wildman–Crippen MR) is 128 cm³/mol. The van der Waals surface area contributed by atoms with Gasteiger partial charge in [0, 0.05) is 29.3 Å². The third kappa shape index (κ3) is 5.70. The highest BCUT2D eigenvalue weighted by Crippen LogP contribution is 2.46. The summed E-state index contributed by atoms with van der Waals surface area (Å²) in [5.41, 5.74) is 1.10. The Kier molecular flexibility index (Phi) is 8.20. The van der Waals surface area contributed by atoms with Gasteiger partial charge in [0.2, 0.25) is 0 Å². The Bertz CT molecular complexity index is 1120. The van der Waals surface area contributed by atoms with E-state index in [2.05, 4.69) is 6.92 Å². The van der Waals surface area contributed by atoms with Crippen LogP contribution < -0.4 is 9.64 Å². The topological polar surface area (TPSA) is 93.1 Å². The summed E-state index contributed by atoms with van der Waals surface area (Å²) in [7, 11) is -2.24. The van der Waals surface area contributed by atoms with Crippen LogP contribution in [0, 0.1) is 11.2 Å². The van der Waals surface area contributed by atoms with Gasteiger partial charge in [-0.15, -0.1) is 0 Å². The van der Waals surface area contributed by atoms with Crippen LogP contribution in [-0.4, -0.2) is 45.5 Å². The average molecular weight is 494 g/mol. The quantitative estimate of drug-likeness (QED) is 0.501. The molecule has 7 nitrogen and oxygen atoms in total. The molecule has 1 heterocycles. The van der Waals surface area contributed by atoms with E-state index in [1.165, 1.54) is 25.3 Å². The van der Waals surface area contributed by atoms with E-state index in [1.54, 1.807) is 18.2 Å². The van der Waals surface area contributed by atoms with E-state index in [-0.39, 0.29) is 23.1 Å². The second-order valence-electron chi connectivity index (χ2n) is 8.80. The van der Waals surface area contributed by atoms with Crippen molar-refractivity contribution in [2.45, 2.75) is 51.0 Å². The third-order valence-corrected chi connectivity index (χ3v) is 8.40. The van der Waals surface area contributed by atoms with Crippen LogP contribution in [0.1, 0.15) is 45.1 Å². The number of ether oxygens (including phenoxy) is 2. The number of fused-ring (bicyclic) bond motifs is 1. The fourth-order valence-corrected chi connectivity index (χ4v) is 6.71. The van der Waals surface area contributed by atoms with Crippen molar-refractivity contribution >= 4 is 27.2 Å². The lowest BCUT2D eigenvalue weighted by molar-refractivity contribution is -0.142. The molecule has 0 radical (unpaired) electrons. The van der Waals surface area contributed by atoms with Crippen molar-refractivity contribution in [2.75, 3.05) is 30.9 Å². The Balaban J connectivity index is 2.19. The fourth-order valence-electron chi connectivity index (χ4n) is 4.49. The van der Waals surface area contributed by atoms with Crippen LogP contribution in [0.4, 0.5) is 15.8 Å². The number of methoxy groups -OCH3 is 1. The van der Waals surface area contributed by atoms with Crippen LogP contribution in [0.15, 0.2) is 41.3 Å². The van der Waals surface area contributed by atoms with E-state index in [4.69, 9.17) is 14.6 Å². The number of aliphatic carboxylic acids is 1. The summed E-state index contributed by atoms with van der Waals surface area (Å²) in [4.78, 5) is 12.9. The molecule has 1 aliphatic heterocycles. The molecule has 0 saturated carbocycles. The largest absolute Gasteiger partial charge is 0.496 e. The summed E-state index contributed by atoms with van der Waals surface area (Å²) < 4.78 is 51.9. The highest BCUT2D eigenvalue weighted by atomic mass is 32.2. The molecule has 186 valence electrons. The highest BCUT2D eigenvalue weighted by Gasteiger charge is 2.41. The lowest BCUT2D eigenvalue weighted by Crippen LogP contribution is -2.37. The SMILES string of the molecule is CCCC[C@@]1(CC)CN(c2ccc(F)cc2)c2cc(OC)c(COCC(=O)O)cc2S(=O)(=O)C1. The fraction of sp³-hybridized carbons (Fsp3) is 0.480. The molecule has 2 aromatic carbocycles. The molecule has 0 aromatic heterocycles. The number of halogens is 1. The Morgan fingerprint density at radius 3 is 2.50 bits per heavy atom. The van der Waals surface area contributed by atoms with E-state index >= 15 is 0 Å². The van der Waals surface area contributed by atoms with Crippen LogP contribution >= 0.6 is 0 Å². The smallest absolute Gasteiger partial charge is 0.329 e. The van der Waals surface area contributed by atoms with Gasteiger partial charge in [0.25, 0.3) is 0 Å². The van der Waals surface area contributed by atoms with E-state index < -0.39 is 27.8 Å². The molecule has 0 fully saturated rings. The van der Waals surface area contributed by atoms with Gasteiger partial charge in [0.05, 0.1) is 30.1 Å². The molecule has 0 amide bonds. The molecule has 0 aliphatic carbocycles. The van der Waals surface area contributed by atoms with Crippen LogP contribution in [0.2, 0.25) is 0 Å². The molecular weight excluding hydrogens is 461 g/mol. The number of hydrogen-bond donors (Lipinski definition) is 1. The first-order valence-corrected chi connectivity index (χ1v) is 13.1. The first-order chi connectivity index (χ1) is 16.1. The highest BCUT2D eigenvalue weighted by molar-refractivity contribution is 7.91. The second-order valence-corrected chi connectivity index (χ2v) is 10.8. The summed E-state index contributed by atoms with van der Waals surface area (Å²) in [6, 6.07) is 9.19. The second kappa shape index (κ2) is 10.7. The van der Waals surface area contributed by atoms with Crippen molar-refractivity contribution < 1.29 is 32.2 Å². The number of sulfone groups is 1. The molecule has 2 aromatic rings. The van der Waals surface area contributed by atoms with Crippen molar-refractivity contribution in [3.05, 3.63) is 47.8 Å². The molecule has 0 unspecified atom stereocenters. The van der Waals surface area contributed by atoms with Crippen molar-refractivity contribution in [3.63, 3.8) is 0 Å². The van der Waals surface area contributed by atoms with Crippen molar-refractivity contribution in [1.29, 1.82) is 0 Å². The zero-order valence-electron chi connectivity index (χ0n) is 19.8. The lowest BCUT2D eigenvalue weighted by atomic mass is 9.81. The van der Waals surface area contributed by atoms with Crippen molar-refractivity contribution in [1.82, 2.24) is 0 Å². The number of carbonyl (C=O) groups is 1. The minimum absolute atomic E-state index is 0.0110. The third-order valence-electron chi connectivity index (χ3n) is 6.41. The van der Waals surface area contributed by atoms with Crippen LogP contribution in [0.3, 0.4) is 0 Å². The maximum atomic E-state index is 13.7. The molecule has 3 rings (SSSR count). The average Bonchev–Trinajstić information content (AvgIpc) is 2.90. The number of nitrogens with zero attached hydrogens (tertiary/aromatic N) is 1. The number of carboxylic acids is 1. The number of carboxylic acid groups (broad SMARTS) is 1. The Hall–Kier alpha value is -2.65. The molecule has 1 N–H and O–H groups in total. The van der Waals surface area contributed by atoms with Crippen molar-refractivity contribution in [2.24, 2.45) is 5.41 Å². The monoisotopic (exact) mass is 493 g/mol. The summed E-state index contributed by atoms with van der Waals surface area (Å²) in [5.74, 6) is -1.11. The van der Waals surface area contributed by atoms with Gasteiger partial charge in [-0.1, -0.05) is 26.7 Å². The lowest BCUT2D eigenvalue weighted by Gasteiger charge is -2.36. The number of hydrogen-bond acceptors (Lipinski definition) is 6. The van der Waals surface area contributed by atoms with Gasteiger partial charge in [0.15, 0.2) is 9.84 Å². The van der Waals surface area contributed by atoms with Crippen LogP contribution in [0.5, 0.6) is 5.75 Å². The van der Waals surface area contributed by atoms with Gasteiger partial charge in [-0.2, -0.15) is 0 Å². The molecule has 34 heavy (non-hydrogen) atoms. The minimum Gasteiger partial charge on any atom is -0.496 e. The van der Waals surface area contributed by atoms with E-state index in [1.807, 2.05) is 11.8 Å². The maximum Gasteiger partial charge on any atom is 0.329 e. The van der Waals surface area contributed by atoms with Gasteiger partial charge in [-0.25, -0.2) is 17.6 Å². The first-order valence-electron chi connectivity index (χ1n) is 11.4. The molecule has 1 atom stereocenters. The number of rotatable bonds is 10. The summed E-state index contributed by atoms with van der Waals surface area (Å²) in [6.45, 7) is 3.93. The molecule has 0 spiro atoms. The van der Waals surface area contributed by atoms with E-state index in [0.717, 1.165) is 19.3 Å². The van der Waals surface area contributed by atoms with Gasteiger partial charge < -0.3 is 19.5 Å². The standard InChI is InChI=1S/C25H32FNO6S/c1-4-6-11-25(5-2)16-27(20-9-7-19(26)8-10-20)21-13-22(32-3)18(14-33-15-24(28)29)12-23(21)34(30,31)17-25/h7-10,12-13H,4-6,11,14-17H2,1-3H3,(H,28,29)/t25-/m0/s1. The number of benzene rings is 2. The van der Waals surface area contributed by atoms with E-state index in [0.29, 0.717) is 35.7 Å². The first kappa shape index (κ1) is 26.0. The number of unbranched alkanes of at least 4 members (excludes halogenated alkanes) is 1. The van der Waals surface area contributed by atoms with E-state index in [9.17, 15) is 17.6 Å². The molecule has 0 bridgehead atoms. The maximum absolute atomic E-state index is 13.7. The minimum atomic E-state index is -3.71. The molecular formula is C25H32FNO6S. The van der Waals surface area contributed by atoms with Crippen LogP contribution in [0.25, 0.3) is 0 Å². The molecule has 0 saturated heterocycles.